The van der Waals surface area contributed by atoms with Gasteiger partial charge in [-0.25, -0.2) is 4.98 Å². The third kappa shape index (κ3) is 4.38. The Morgan fingerprint density at radius 3 is 2.61 bits per heavy atom. The average molecular weight is 485 g/mol. The van der Waals surface area contributed by atoms with E-state index in [1.54, 1.807) is 6.07 Å². The Labute approximate surface area is 212 Å². The molecule has 4 heterocycles. The van der Waals surface area contributed by atoms with E-state index in [0.29, 0.717) is 49.6 Å². The summed E-state index contributed by atoms with van der Waals surface area (Å²) in [6.07, 6.45) is 3.69. The monoisotopic (exact) mass is 484 g/mol. The van der Waals surface area contributed by atoms with Gasteiger partial charge in [-0.05, 0) is 37.0 Å². The number of nitriles is 1. The number of furan rings is 1. The van der Waals surface area contributed by atoms with Crippen molar-refractivity contribution in [2.24, 2.45) is 0 Å². The van der Waals surface area contributed by atoms with Crippen molar-refractivity contribution in [2.75, 3.05) is 24.5 Å². The molecular weight excluding hydrogens is 452 g/mol. The van der Waals surface area contributed by atoms with Crippen LogP contribution in [0.1, 0.15) is 78.0 Å². The van der Waals surface area contributed by atoms with Gasteiger partial charge < -0.3 is 19.0 Å². The van der Waals surface area contributed by atoms with Gasteiger partial charge in [-0.1, -0.05) is 44.2 Å². The quantitative estimate of drug-likeness (QED) is 0.505. The van der Waals surface area contributed by atoms with Crippen LogP contribution in [0.3, 0.4) is 0 Å². The molecule has 186 valence electrons. The number of piperazine rings is 1. The summed E-state index contributed by atoms with van der Waals surface area (Å²) in [6, 6.07) is 14.1. The summed E-state index contributed by atoms with van der Waals surface area (Å²) in [6.45, 7) is 10.5. The lowest BCUT2D eigenvalue weighted by atomic mass is 9.86. The smallest absolute Gasteiger partial charge is 0.257 e. The lowest BCUT2D eigenvalue weighted by Gasteiger charge is -2.43. The molecule has 0 unspecified atom stereocenters. The maximum Gasteiger partial charge on any atom is 0.257 e. The lowest BCUT2D eigenvalue weighted by Crippen LogP contribution is -2.51. The number of carbonyl (C=O) groups excluding carboxylic acids is 1. The van der Waals surface area contributed by atoms with E-state index in [1.165, 1.54) is 12.5 Å². The number of aromatic nitrogens is 1. The maximum absolute atomic E-state index is 13.4. The van der Waals surface area contributed by atoms with E-state index in [0.717, 1.165) is 22.4 Å². The minimum Gasteiger partial charge on any atom is -0.472 e. The highest BCUT2D eigenvalue weighted by molar-refractivity contribution is 5.94. The fourth-order valence-corrected chi connectivity index (χ4v) is 5.33. The van der Waals surface area contributed by atoms with Crippen LogP contribution in [-0.4, -0.2) is 41.0 Å². The van der Waals surface area contributed by atoms with Crippen molar-refractivity contribution >= 4 is 11.7 Å². The molecule has 1 amide bonds. The van der Waals surface area contributed by atoms with Gasteiger partial charge >= 0.3 is 0 Å². The lowest BCUT2D eigenvalue weighted by molar-refractivity contribution is -0.0408. The van der Waals surface area contributed by atoms with E-state index in [4.69, 9.17) is 14.1 Å². The second-order valence-electron chi connectivity index (χ2n) is 10.5. The molecular formula is C29H32N4O3. The SMILES string of the molecule is CC(C)c1nc(N2CCN(C(=O)c3ccoc3)[C@H](c3ccccc3)C2)c(C#N)c2c1COC(C)(C)C2. The zero-order valence-electron chi connectivity index (χ0n) is 21.3. The molecule has 0 aliphatic carbocycles. The molecule has 1 aromatic carbocycles. The van der Waals surface area contributed by atoms with Crippen molar-refractivity contribution in [1.82, 2.24) is 9.88 Å². The summed E-state index contributed by atoms with van der Waals surface area (Å²) in [5.74, 6) is 0.857. The van der Waals surface area contributed by atoms with Crippen molar-refractivity contribution in [3.63, 3.8) is 0 Å². The van der Waals surface area contributed by atoms with Crippen molar-refractivity contribution in [1.29, 1.82) is 5.26 Å². The molecule has 1 atom stereocenters. The van der Waals surface area contributed by atoms with Crippen molar-refractivity contribution in [2.45, 2.75) is 58.3 Å². The number of benzene rings is 1. The van der Waals surface area contributed by atoms with Gasteiger partial charge in [0.25, 0.3) is 5.91 Å². The number of pyridine rings is 1. The summed E-state index contributed by atoms with van der Waals surface area (Å²) < 4.78 is 11.3. The largest absolute Gasteiger partial charge is 0.472 e. The first kappa shape index (κ1) is 24.1. The number of hydrogen-bond acceptors (Lipinski definition) is 6. The number of nitrogens with zero attached hydrogens (tertiary/aromatic N) is 4. The second kappa shape index (κ2) is 9.44. The zero-order chi connectivity index (χ0) is 25.4. The molecule has 0 bridgehead atoms. The first-order chi connectivity index (χ1) is 17.3. The Bertz CT molecular complexity index is 1290. The normalized spacial score (nSPS) is 19.2. The molecule has 7 heteroatoms. The molecule has 36 heavy (non-hydrogen) atoms. The fraction of sp³-hybridized carbons (Fsp3) is 0.414. The Kier molecular flexibility index (Phi) is 6.31. The van der Waals surface area contributed by atoms with Crippen LogP contribution in [0.2, 0.25) is 0 Å². The minimum absolute atomic E-state index is 0.0575. The predicted octanol–water partition coefficient (Wildman–Crippen LogP) is 5.22. The number of rotatable bonds is 4. The summed E-state index contributed by atoms with van der Waals surface area (Å²) in [5.41, 5.74) is 4.98. The molecule has 2 aliphatic rings. The maximum atomic E-state index is 13.4. The van der Waals surface area contributed by atoms with Crippen LogP contribution in [0.4, 0.5) is 5.82 Å². The van der Waals surface area contributed by atoms with Crippen LogP contribution in [0.25, 0.3) is 0 Å². The average Bonchev–Trinajstić information content (AvgIpc) is 3.42. The van der Waals surface area contributed by atoms with E-state index in [-0.39, 0.29) is 23.5 Å². The van der Waals surface area contributed by atoms with Gasteiger partial charge in [0.15, 0.2) is 0 Å². The summed E-state index contributed by atoms with van der Waals surface area (Å²) in [4.78, 5) is 22.6. The predicted molar refractivity (Wildman–Crippen MR) is 137 cm³/mol. The van der Waals surface area contributed by atoms with E-state index in [9.17, 15) is 10.1 Å². The standard InChI is InChI=1S/C29H32N4O3/c1-19(2)26-24-18-36-29(3,4)14-22(24)23(15-30)27(31-26)32-11-12-33(28(34)21-10-13-35-17-21)25(16-32)20-8-6-5-7-9-20/h5-10,13,17,19,25H,11-12,14,16,18H2,1-4H3/t25-/m0/s1. The third-order valence-corrected chi connectivity index (χ3v) is 7.19. The fourth-order valence-electron chi connectivity index (χ4n) is 5.33. The van der Waals surface area contributed by atoms with Crippen LogP contribution in [0.5, 0.6) is 0 Å². The topological polar surface area (TPSA) is 82.6 Å². The molecule has 1 fully saturated rings. The zero-order valence-corrected chi connectivity index (χ0v) is 21.3. The van der Waals surface area contributed by atoms with E-state index in [1.807, 2.05) is 23.1 Å². The molecule has 2 aliphatic heterocycles. The molecule has 7 nitrogen and oxygen atoms in total. The molecule has 0 spiro atoms. The van der Waals surface area contributed by atoms with Crippen LogP contribution in [0.15, 0.2) is 53.3 Å². The van der Waals surface area contributed by atoms with Gasteiger partial charge in [-0.3, -0.25) is 4.79 Å². The molecule has 0 N–H and O–H groups in total. The second-order valence-corrected chi connectivity index (χ2v) is 10.5. The Hall–Kier alpha value is -3.63. The number of amides is 1. The highest BCUT2D eigenvalue weighted by Crippen LogP contribution is 2.39. The van der Waals surface area contributed by atoms with Crippen LogP contribution in [-0.2, 0) is 17.8 Å². The number of fused-ring (bicyclic) bond motifs is 1. The van der Waals surface area contributed by atoms with E-state index >= 15 is 0 Å². The molecule has 0 saturated carbocycles. The van der Waals surface area contributed by atoms with Crippen molar-refractivity contribution < 1.29 is 13.9 Å². The van der Waals surface area contributed by atoms with Gasteiger partial charge in [0.2, 0.25) is 0 Å². The number of hydrogen-bond donors (Lipinski definition) is 0. The van der Waals surface area contributed by atoms with Gasteiger partial charge in [0, 0.05) is 31.6 Å². The van der Waals surface area contributed by atoms with Gasteiger partial charge in [-0.15, -0.1) is 0 Å². The minimum atomic E-state index is -0.340. The van der Waals surface area contributed by atoms with Gasteiger partial charge in [0.05, 0.1) is 41.3 Å². The third-order valence-electron chi connectivity index (χ3n) is 7.19. The highest BCUT2D eigenvalue weighted by atomic mass is 16.5. The number of ether oxygens (including phenoxy) is 1. The van der Waals surface area contributed by atoms with E-state index < -0.39 is 0 Å². The first-order valence-corrected chi connectivity index (χ1v) is 12.5. The Morgan fingerprint density at radius 2 is 1.94 bits per heavy atom. The Balaban J connectivity index is 1.57. The summed E-state index contributed by atoms with van der Waals surface area (Å²) in [7, 11) is 0. The van der Waals surface area contributed by atoms with Crippen LogP contribution >= 0.6 is 0 Å². The molecule has 0 radical (unpaired) electrons. The summed E-state index contributed by atoms with van der Waals surface area (Å²) in [5, 5.41) is 10.3. The summed E-state index contributed by atoms with van der Waals surface area (Å²) >= 11 is 0. The molecule has 5 rings (SSSR count). The number of anilines is 1. The molecule has 1 saturated heterocycles. The molecule has 3 aromatic rings. The van der Waals surface area contributed by atoms with Gasteiger partial charge in [-0.2, -0.15) is 5.26 Å². The molecule has 2 aromatic heterocycles. The van der Waals surface area contributed by atoms with Crippen molar-refractivity contribution in [3.05, 3.63) is 82.4 Å². The Morgan fingerprint density at radius 1 is 1.17 bits per heavy atom. The number of carbonyl (C=O) groups is 1. The van der Waals surface area contributed by atoms with E-state index in [2.05, 4.69) is 50.8 Å². The first-order valence-electron chi connectivity index (χ1n) is 12.5. The van der Waals surface area contributed by atoms with Crippen LogP contribution in [0, 0.1) is 11.3 Å². The van der Waals surface area contributed by atoms with Crippen LogP contribution < -0.4 is 4.90 Å². The van der Waals surface area contributed by atoms with Gasteiger partial charge in [0.1, 0.15) is 18.2 Å². The highest BCUT2D eigenvalue weighted by Gasteiger charge is 2.37. The van der Waals surface area contributed by atoms with Crippen molar-refractivity contribution in [3.8, 4) is 6.07 Å².